The van der Waals surface area contributed by atoms with Crippen molar-refractivity contribution in [3.05, 3.63) is 29.6 Å². The van der Waals surface area contributed by atoms with Gasteiger partial charge in [0.05, 0.1) is 0 Å². The van der Waals surface area contributed by atoms with Crippen molar-refractivity contribution in [2.75, 3.05) is 0 Å². The van der Waals surface area contributed by atoms with E-state index < -0.39 is 11.7 Å². The van der Waals surface area contributed by atoms with E-state index in [2.05, 4.69) is 10.3 Å². The first-order chi connectivity index (χ1) is 7.37. The van der Waals surface area contributed by atoms with Crippen molar-refractivity contribution in [1.29, 1.82) is 0 Å². The Morgan fingerprint density at radius 3 is 2.69 bits per heavy atom. The molecule has 0 aliphatic carbocycles. The van der Waals surface area contributed by atoms with E-state index >= 15 is 0 Å². The lowest BCUT2D eigenvalue weighted by atomic mass is 10.2. The average Bonchev–Trinajstić information content (AvgIpc) is 2.12. The standard InChI is InChI=1S/C12H18N2O2/c1-9-5-10(7-13-6-9)8-14-11(15)16-12(2,3)4/h5-7H,8H2,1-4H3,(H,14,15). The summed E-state index contributed by atoms with van der Waals surface area (Å²) in [5, 5.41) is 2.68. The van der Waals surface area contributed by atoms with Gasteiger partial charge >= 0.3 is 6.09 Å². The number of nitrogens with one attached hydrogen (secondary N) is 1. The average molecular weight is 222 g/mol. The van der Waals surface area contributed by atoms with Crippen LogP contribution < -0.4 is 5.32 Å². The number of aromatic nitrogens is 1. The Hall–Kier alpha value is -1.58. The van der Waals surface area contributed by atoms with Gasteiger partial charge in [-0.05, 0) is 38.8 Å². The molecule has 1 aromatic heterocycles. The number of hydrogen-bond donors (Lipinski definition) is 1. The molecule has 1 amide bonds. The second kappa shape index (κ2) is 4.96. The van der Waals surface area contributed by atoms with Crippen molar-refractivity contribution in [2.45, 2.75) is 39.8 Å². The third-order valence-electron chi connectivity index (χ3n) is 1.77. The second-order valence-electron chi connectivity index (χ2n) is 4.73. The number of aryl methyl sites for hydroxylation is 1. The quantitative estimate of drug-likeness (QED) is 0.836. The minimum atomic E-state index is -0.463. The Bertz CT molecular complexity index is 370. The summed E-state index contributed by atoms with van der Waals surface area (Å²) >= 11 is 0. The second-order valence-corrected chi connectivity index (χ2v) is 4.73. The summed E-state index contributed by atoms with van der Waals surface area (Å²) in [5.74, 6) is 0. The molecule has 0 saturated carbocycles. The van der Waals surface area contributed by atoms with Crippen LogP contribution in [0.5, 0.6) is 0 Å². The first-order valence-corrected chi connectivity index (χ1v) is 5.24. The van der Waals surface area contributed by atoms with Gasteiger partial charge in [-0.25, -0.2) is 4.79 Å². The largest absolute Gasteiger partial charge is 0.444 e. The lowest BCUT2D eigenvalue weighted by Crippen LogP contribution is -2.32. The summed E-state index contributed by atoms with van der Waals surface area (Å²) < 4.78 is 5.12. The number of alkyl carbamates (subject to hydrolysis) is 1. The molecule has 1 rings (SSSR count). The lowest BCUT2D eigenvalue weighted by Gasteiger charge is -2.19. The summed E-state index contributed by atoms with van der Waals surface area (Å²) in [6.45, 7) is 7.90. The molecule has 0 fully saturated rings. The van der Waals surface area contributed by atoms with Crippen molar-refractivity contribution in [1.82, 2.24) is 10.3 Å². The highest BCUT2D eigenvalue weighted by molar-refractivity contribution is 5.67. The van der Waals surface area contributed by atoms with Crippen molar-refractivity contribution < 1.29 is 9.53 Å². The zero-order chi connectivity index (χ0) is 12.2. The molecule has 0 bridgehead atoms. The van der Waals surface area contributed by atoms with Gasteiger partial charge < -0.3 is 10.1 Å². The summed E-state index contributed by atoms with van der Waals surface area (Å²) in [6, 6.07) is 1.98. The van der Waals surface area contributed by atoms with Gasteiger partial charge in [0, 0.05) is 18.9 Å². The van der Waals surface area contributed by atoms with E-state index in [4.69, 9.17) is 4.74 Å². The van der Waals surface area contributed by atoms with Crippen LogP contribution in [0, 0.1) is 6.92 Å². The molecule has 0 atom stereocenters. The number of pyridine rings is 1. The van der Waals surface area contributed by atoms with Crippen LogP contribution >= 0.6 is 0 Å². The first-order valence-electron chi connectivity index (χ1n) is 5.24. The Kier molecular flexibility index (Phi) is 3.88. The maximum absolute atomic E-state index is 11.4. The van der Waals surface area contributed by atoms with Gasteiger partial charge in [0.25, 0.3) is 0 Å². The molecule has 0 unspecified atom stereocenters. The molecule has 0 radical (unpaired) electrons. The number of nitrogens with zero attached hydrogens (tertiary/aromatic N) is 1. The molecule has 1 N–H and O–H groups in total. The summed E-state index contributed by atoms with van der Waals surface area (Å²) in [6.07, 6.45) is 3.09. The van der Waals surface area contributed by atoms with Gasteiger partial charge in [-0.1, -0.05) is 6.07 Å². The van der Waals surface area contributed by atoms with Gasteiger partial charge in [-0.2, -0.15) is 0 Å². The molecule has 88 valence electrons. The van der Waals surface area contributed by atoms with E-state index in [0.29, 0.717) is 6.54 Å². The van der Waals surface area contributed by atoms with Crippen molar-refractivity contribution >= 4 is 6.09 Å². The molecule has 0 aliphatic heterocycles. The fourth-order valence-corrected chi connectivity index (χ4v) is 1.20. The molecule has 16 heavy (non-hydrogen) atoms. The summed E-state index contributed by atoms with van der Waals surface area (Å²) in [7, 11) is 0. The van der Waals surface area contributed by atoms with E-state index in [0.717, 1.165) is 11.1 Å². The van der Waals surface area contributed by atoms with Crippen LogP contribution in [0.3, 0.4) is 0 Å². The molecule has 4 nitrogen and oxygen atoms in total. The zero-order valence-corrected chi connectivity index (χ0v) is 10.2. The SMILES string of the molecule is Cc1cncc(CNC(=O)OC(C)(C)C)c1. The molecular weight excluding hydrogens is 204 g/mol. The number of amides is 1. The molecule has 1 aromatic rings. The van der Waals surface area contributed by atoms with Gasteiger partial charge in [-0.15, -0.1) is 0 Å². The first kappa shape index (κ1) is 12.5. The zero-order valence-electron chi connectivity index (χ0n) is 10.2. The fourth-order valence-electron chi connectivity index (χ4n) is 1.20. The molecular formula is C12H18N2O2. The Morgan fingerprint density at radius 2 is 2.12 bits per heavy atom. The van der Waals surface area contributed by atoms with Crippen LogP contribution in [0.1, 0.15) is 31.9 Å². The smallest absolute Gasteiger partial charge is 0.407 e. The highest BCUT2D eigenvalue weighted by atomic mass is 16.6. The Labute approximate surface area is 96.0 Å². The summed E-state index contributed by atoms with van der Waals surface area (Å²) in [5.41, 5.74) is 1.57. The third kappa shape index (κ3) is 4.77. The van der Waals surface area contributed by atoms with Crippen LogP contribution in [0.15, 0.2) is 18.5 Å². The van der Waals surface area contributed by atoms with Gasteiger partial charge in [0.1, 0.15) is 5.60 Å². The monoisotopic (exact) mass is 222 g/mol. The third-order valence-corrected chi connectivity index (χ3v) is 1.77. The predicted octanol–water partition coefficient (Wildman–Crippen LogP) is 2.41. The predicted molar refractivity (Wildman–Crippen MR) is 62.0 cm³/mol. The molecule has 4 heteroatoms. The highest BCUT2D eigenvalue weighted by Gasteiger charge is 2.15. The fraction of sp³-hybridized carbons (Fsp3) is 0.500. The van der Waals surface area contributed by atoms with Crippen LogP contribution in [-0.4, -0.2) is 16.7 Å². The van der Waals surface area contributed by atoms with Crippen molar-refractivity contribution in [3.8, 4) is 0 Å². The summed E-state index contributed by atoms with van der Waals surface area (Å²) in [4.78, 5) is 15.4. The van der Waals surface area contributed by atoms with Gasteiger partial charge in [0.15, 0.2) is 0 Å². The number of rotatable bonds is 2. The van der Waals surface area contributed by atoms with E-state index in [1.165, 1.54) is 0 Å². The van der Waals surface area contributed by atoms with Gasteiger partial charge in [-0.3, -0.25) is 4.98 Å². The van der Waals surface area contributed by atoms with Crippen LogP contribution in [0.25, 0.3) is 0 Å². The van der Waals surface area contributed by atoms with E-state index in [1.54, 1.807) is 12.4 Å². The van der Waals surface area contributed by atoms with E-state index in [9.17, 15) is 4.79 Å². The normalized spacial score (nSPS) is 11.0. The minimum absolute atomic E-state index is 0.408. The molecule has 0 aliphatic rings. The van der Waals surface area contributed by atoms with Crippen LogP contribution in [0.2, 0.25) is 0 Å². The molecule has 1 heterocycles. The number of carbonyl (C=O) groups is 1. The topological polar surface area (TPSA) is 51.2 Å². The van der Waals surface area contributed by atoms with E-state index in [1.807, 2.05) is 33.8 Å². The van der Waals surface area contributed by atoms with Crippen molar-refractivity contribution in [2.24, 2.45) is 0 Å². The van der Waals surface area contributed by atoms with Crippen molar-refractivity contribution in [3.63, 3.8) is 0 Å². The van der Waals surface area contributed by atoms with Crippen LogP contribution in [0.4, 0.5) is 4.79 Å². The highest BCUT2D eigenvalue weighted by Crippen LogP contribution is 2.07. The maximum Gasteiger partial charge on any atom is 0.407 e. The number of carbonyl (C=O) groups excluding carboxylic acids is 1. The minimum Gasteiger partial charge on any atom is -0.444 e. The number of hydrogen-bond acceptors (Lipinski definition) is 3. The van der Waals surface area contributed by atoms with E-state index in [-0.39, 0.29) is 0 Å². The maximum atomic E-state index is 11.4. The molecule has 0 spiro atoms. The lowest BCUT2D eigenvalue weighted by molar-refractivity contribution is 0.0523. The number of ether oxygens (including phenoxy) is 1. The Balaban J connectivity index is 2.43. The Morgan fingerprint density at radius 1 is 1.44 bits per heavy atom. The molecule has 0 saturated heterocycles. The van der Waals surface area contributed by atoms with Crippen LogP contribution in [-0.2, 0) is 11.3 Å². The molecule has 0 aromatic carbocycles. The van der Waals surface area contributed by atoms with Gasteiger partial charge in [0.2, 0.25) is 0 Å².